The van der Waals surface area contributed by atoms with E-state index in [0.717, 1.165) is 62.9 Å². The first-order valence-corrected chi connectivity index (χ1v) is 37.5. The van der Waals surface area contributed by atoms with Gasteiger partial charge in [0.25, 0.3) is 3.79 Å². The molecule has 4 unspecified atom stereocenters. The van der Waals surface area contributed by atoms with Gasteiger partial charge in [0.05, 0.1) is 15.7 Å². The molecule has 2 heterocycles. The molecule has 23 nitrogen and oxygen atoms in total. The van der Waals surface area contributed by atoms with Gasteiger partial charge in [-0.3, -0.25) is 43.8 Å². The number of rotatable bonds is 20. The first-order chi connectivity index (χ1) is 44.9. The number of para-hydroxylation sites is 1. The van der Waals surface area contributed by atoms with Crippen molar-refractivity contribution >= 4 is 130 Å². The van der Waals surface area contributed by atoms with Gasteiger partial charge in [0.15, 0.2) is 42.1 Å². The molecule has 4 aromatic rings. The number of hydrogen-bond donors (Lipinski definition) is 3. The van der Waals surface area contributed by atoms with E-state index in [9.17, 15) is 70.2 Å². The molecule has 2 aliphatic heterocycles. The van der Waals surface area contributed by atoms with Crippen LogP contribution in [0.25, 0.3) is 0 Å². The maximum atomic E-state index is 12.2. The number of nitrogens with one attached hydrogen (secondary N) is 1. The summed E-state index contributed by atoms with van der Waals surface area (Å²) in [5, 5.41) is 26.0. The molecule has 97 heavy (non-hydrogen) atoms. The van der Waals surface area contributed by atoms with Gasteiger partial charge in [-0.15, -0.1) is 23.5 Å². The van der Waals surface area contributed by atoms with E-state index in [4.69, 9.17) is 82.8 Å². The summed E-state index contributed by atoms with van der Waals surface area (Å²) in [5.41, 5.74) is 0.579. The zero-order chi connectivity index (χ0) is 73.5. The van der Waals surface area contributed by atoms with E-state index in [-0.39, 0.29) is 19.0 Å². The van der Waals surface area contributed by atoms with Crippen molar-refractivity contribution in [1.82, 2.24) is 0 Å². The average molecular weight is 1500 g/mol. The molecule has 33 heteroatoms. The molecule has 0 amide bonds. The average Bonchev–Trinajstić information content (AvgIpc) is 0.769. The van der Waals surface area contributed by atoms with Crippen LogP contribution in [0.1, 0.15) is 113 Å². The minimum atomic E-state index is -5.39. The molecule has 3 N–H and O–H groups in total. The molecule has 0 radical (unpaired) electrons. The van der Waals surface area contributed by atoms with E-state index >= 15 is 0 Å². The molecule has 0 spiro atoms. The predicted octanol–water partition coefficient (Wildman–Crippen LogP) is 11.4. The second-order valence-corrected chi connectivity index (χ2v) is 33.7. The van der Waals surface area contributed by atoms with Gasteiger partial charge in [0, 0.05) is 68.2 Å². The summed E-state index contributed by atoms with van der Waals surface area (Å²) >= 11 is 19.1. The van der Waals surface area contributed by atoms with Crippen molar-refractivity contribution in [2.45, 2.75) is 182 Å². The lowest BCUT2D eigenvalue weighted by molar-refractivity contribution is -0.190. The normalized spacial score (nSPS) is 20.6. The van der Waals surface area contributed by atoms with Gasteiger partial charge in [-0.2, -0.15) is 21.6 Å². The van der Waals surface area contributed by atoms with Crippen molar-refractivity contribution in [3.8, 4) is 11.5 Å². The molecule has 0 aliphatic carbocycles. The lowest BCUT2D eigenvalue weighted by Crippen LogP contribution is -2.59. The van der Waals surface area contributed by atoms with Crippen LogP contribution in [-0.4, -0.2) is 156 Å². The zero-order valence-electron chi connectivity index (χ0n) is 55.2. The van der Waals surface area contributed by atoms with E-state index < -0.39 is 139 Å². The Morgan fingerprint density at radius 1 is 0.505 bits per heavy atom. The molecular formula is C64H79Cl3F3NO22S3Si. The summed E-state index contributed by atoms with van der Waals surface area (Å²) in [6.07, 6.45) is -3.90. The van der Waals surface area contributed by atoms with Gasteiger partial charge < -0.3 is 56.7 Å². The lowest BCUT2D eigenvalue weighted by atomic mass is 9.93. The van der Waals surface area contributed by atoms with Crippen LogP contribution in [-0.2, 0) is 121 Å². The van der Waals surface area contributed by atoms with Crippen LogP contribution >= 0.6 is 58.3 Å². The lowest BCUT2D eigenvalue weighted by Gasteiger charge is -2.44. The maximum absolute atomic E-state index is 12.2. The van der Waals surface area contributed by atoms with E-state index in [1.807, 2.05) is 48.5 Å². The Kier molecular flexibility index (Phi) is 33.5. The highest BCUT2D eigenvalue weighted by Gasteiger charge is 2.55. The number of carbonyl (C=O) groups excluding carboxylic acids is 8. The number of aryl methyl sites for hydroxylation is 2. The highest BCUT2D eigenvalue weighted by atomic mass is 35.6. The molecule has 536 valence electrons. The van der Waals surface area contributed by atoms with Gasteiger partial charge >= 0.3 is 63.4 Å². The minimum absolute atomic E-state index is 0.106. The molecule has 10 atom stereocenters. The monoisotopic (exact) mass is 1500 g/mol. The van der Waals surface area contributed by atoms with Crippen LogP contribution in [0.15, 0.2) is 91.0 Å². The zero-order valence-corrected chi connectivity index (χ0v) is 60.9. The minimum Gasteiger partial charge on any atom is -0.508 e. The SMILES string of the molecule is CC(=O)OCC1S[C@H](OC(=N)C(Cl)(Cl)Cl)C(OC(C)=O)[C@@H](OC(C)=O)[C@@H]1OC(C)=O.CCc1ccc(Cc2cc([C@H]3SC(COC(C)=O)[C@@H](OC(C)=O)[C@H](OC(C)=O)C3OC(C)=O)ccc2O)cc1.CCc1ccc(Cc2ccccc2O)cc1.C[Si](C)(C)OS(=O)(=O)C(F)(F)F. The van der Waals surface area contributed by atoms with E-state index in [1.54, 1.807) is 18.2 Å². The third-order valence-electron chi connectivity index (χ3n) is 13.1. The highest BCUT2D eigenvalue weighted by Crippen LogP contribution is 2.48. The van der Waals surface area contributed by atoms with Gasteiger partial charge in [0.2, 0.25) is 14.2 Å². The van der Waals surface area contributed by atoms with Crippen LogP contribution < -0.4 is 0 Å². The fraction of sp³-hybridized carbons (Fsp3) is 0.484. The van der Waals surface area contributed by atoms with Gasteiger partial charge in [0.1, 0.15) is 24.7 Å². The first-order valence-electron chi connectivity index (χ1n) is 29.6. The number of thioether (sulfide) groups is 2. The Morgan fingerprint density at radius 3 is 1.26 bits per heavy atom. The standard InChI is InChI=1S/C29H34O9S.C16H20Cl3NO9S.C15H16O.C4H9F3O3SSi/c1-6-20-7-9-21(10-8-20)13-23-14-22(11-12-24(23)34)29-28(38-19(5)33)27(37-18(4)32)26(36-17(3)31)25(39-29)15-35-16(2)30;1-6(21)25-5-10-11(26-7(2)22)12(27-8(3)23)13(28-9(4)24)14(30-10)29-15(20)16(17,18)19;1-2-12-7-9-13(10-8-12)11-14-5-3-4-6-15(14)16;1-12(2,3)10-11(8,9)4(5,6)7/h7-12,14,25-29,34H,6,13,15H2,1-5H3;10-14,20H,5H2,1-4H3;3-10,16H,2,11H2,1H3;1-3H3/t25?,26-,27+,28?,29-;10?,11-,12+,13?,14+;;/m11../s1. The van der Waals surface area contributed by atoms with Crippen molar-refractivity contribution in [3.63, 3.8) is 0 Å². The summed E-state index contributed by atoms with van der Waals surface area (Å²) in [6, 6.07) is 29.2. The Morgan fingerprint density at radius 2 is 0.876 bits per heavy atom. The topological polar surface area (TPSA) is 327 Å². The highest BCUT2D eigenvalue weighted by molar-refractivity contribution is 8.00. The molecule has 4 aromatic carbocycles. The van der Waals surface area contributed by atoms with Crippen LogP contribution in [0, 0.1) is 5.41 Å². The molecule has 2 saturated heterocycles. The van der Waals surface area contributed by atoms with Gasteiger partial charge in [-0.05, 0) is 83.6 Å². The van der Waals surface area contributed by atoms with Crippen molar-refractivity contribution in [1.29, 1.82) is 5.41 Å². The number of esters is 8. The molecule has 0 bridgehead atoms. The van der Waals surface area contributed by atoms with Gasteiger partial charge in [-0.1, -0.05) is 128 Å². The summed E-state index contributed by atoms with van der Waals surface area (Å²) < 4.78 is 106. The van der Waals surface area contributed by atoms with Crippen LogP contribution in [0.2, 0.25) is 19.6 Å². The number of alkyl halides is 6. The summed E-state index contributed by atoms with van der Waals surface area (Å²) in [7, 11) is -8.10. The molecular weight excluding hydrogens is 1420 g/mol. The van der Waals surface area contributed by atoms with Crippen LogP contribution in [0.4, 0.5) is 13.2 Å². The second kappa shape index (κ2) is 38.5. The fourth-order valence-electron chi connectivity index (χ4n) is 9.15. The van der Waals surface area contributed by atoms with Crippen molar-refractivity contribution in [2.75, 3.05) is 13.2 Å². The number of hydrogen-bond acceptors (Lipinski definition) is 25. The van der Waals surface area contributed by atoms with Crippen molar-refractivity contribution in [3.05, 3.63) is 130 Å². The quantitative estimate of drug-likeness (QED) is 0.0141. The second-order valence-electron chi connectivity index (χ2n) is 22.4. The molecule has 2 fully saturated rings. The Hall–Kier alpha value is -6.80. The molecule has 6 rings (SSSR count). The van der Waals surface area contributed by atoms with Crippen molar-refractivity contribution in [2.24, 2.45) is 0 Å². The Labute approximate surface area is 585 Å². The summed E-state index contributed by atoms with van der Waals surface area (Å²) in [5.74, 6) is -5.62. The number of phenols is 2. The predicted molar refractivity (Wildman–Crippen MR) is 358 cm³/mol. The fourth-order valence-corrected chi connectivity index (χ4v) is 15.2. The first kappa shape index (κ1) is 84.4. The van der Waals surface area contributed by atoms with Crippen LogP contribution in [0.3, 0.4) is 0 Å². The molecule has 0 aromatic heterocycles. The van der Waals surface area contributed by atoms with E-state index in [0.29, 0.717) is 23.3 Å². The Bertz CT molecular complexity index is 3470. The van der Waals surface area contributed by atoms with Crippen molar-refractivity contribution < 1.29 is 117 Å². The molecule has 0 saturated carbocycles. The van der Waals surface area contributed by atoms with Crippen LogP contribution in [0.5, 0.6) is 11.5 Å². The van der Waals surface area contributed by atoms with Gasteiger partial charge in [-0.25, -0.2) is 0 Å². The smallest absolute Gasteiger partial charge is 0.508 e. The summed E-state index contributed by atoms with van der Waals surface area (Å²) in [6.45, 7) is 17.3. The number of benzene rings is 4. The third kappa shape index (κ3) is 29.3. The maximum Gasteiger partial charge on any atom is 0.522 e. The Balaban J connectivity index is 0.000000370. The number of carbonyl (C=O) groups is 8. The molecule has 2 aliphatic rings. The van der Waals surface area contributed by atoms with E-state index in [2.05, 4.69) is 42.0 Å². The number of aromatic hydroxyl groups is 2. The number of halogens is 6. The van der Waals surface area contributed by atoms with E-state index in [1.165, 1.54) is 82.7 Å². The largest absolute Gasteiger partial charge is 0.522 e. The third-order valence-corrected chi connectivity index (χ3v) is 20.1. The number of ether oxygens (including phenoxy) is 9. The number of phenolic OH excluding ortho intramolecular Hbond substituents is 2. The summed E-state index contributed by atoms with van der Waals surface area (Å²) in [4.78, 5) is 94.1.